The van der Waals surface area contributed by atoms with Crippen LogP contribution in [0.1, 0.15) is 23.2 Å². The third kappa shape index (κ3) is 4.92. The molecule has 2 aromatic rings. The number of benzene rings is 1. The Morgan fingerprint density at radius 1 is 1.20 bits per heavy atom. The van der Waals surface area contributed by atoms with Gasteiger partial charge in [-0.2, -0.15) is 13.2 Å². The first-order valence-electron chi connectivity index (χ1n) is 8.30. The second-order valence-corrected chi connectivity index (χ2v) is 6.41. The molecular weight excluding hydrogens is 329 g/mol. The van der Waals surface area contributed by atoms with Crippen LogP contribution in [-0.4, -0.2) is 40.7 Å². The minimum atomic E-state index is -4.17. The van der Waals surface area contributed by atoms with E-state index in [1.807, 2.05) is 12.1 Å². The third-order valence-corrected chi connectivity index (χ3v) is 4.49. The van der Waals surface area contributed by atoms with Crippen LogP contribution < -0.4 is 5.32 Å². The highest BCUT2D eigenvalue weighted by Gasteiger charge is 2.27. The zero-order valence-electron chi connectivity index (χ0n) is 14.1. The number of hydrogen-bond donors (Lipinski definition) is 1. The molecule has 1 atom stereocenters. The van der Waals surface area contributed by atoms with Crippen molar-refractivity contribution in [2.24, 2.45) is 0 Å². The van der Waals surface area contributed by atoms with Gasteiger partial charge >= 0.3 is 6.18 Å². The molecule has 4 nitrogen and oxygen atoms in total. The smallest absolute Gasteiger partial charge is 0.353 e. The highest BCUT2D eigenvalue weighted by atomic mass is 19.4. The van der Waals surface area contributed by atoms with E-state index in [4.69, 9.17) is 0 Å². The second-order valence-electron chi connectivity index (χ2n) is 6.41. The Morgan fingerprint density at radius 2 is 1.96 bits per heavy atom. The molecule has 2 heterocycles. The molecule has 0 spiro atoms. The summed E-state index contributed by atoms with van der Waals surface area (Å²) in [5, 5.41) is 3.17. The van der Waals surface area contributed by atoms with E-state index in [0.29, 0.717) is 18.2 Å². The van der Waals surface area contributed by atoms with Crippen molar-refractivity contribution in [3.63, 3.8) is 0 Å². The van der Waals surface area contributed by atoms with Crippen molar-refractivity contribution in [3.8, 4) is 0 Å². The number of alkyl halides is 3. The standard InChI is InChI=1S/C18H21F3N4/c1-25-12-14-5-3-2-4-13(14)10-16(25)11-23-17-22-9-7-15(24-17)6-8-18(19,20)21/h2-5,7,9,16H,6,8,10-12H2,1H3,(H,22,23,24)/t16-/m0/s1. The van der Waals surface area contributed by atoms with E-state index < -0.39 is 12.6 Å². The Kier molecular flexibility index (Phi) is 5.22. The highest BCUT2D eigenvalue weighted by Crippen LogP contribution is 2.23. The van der Waals surface area contributed by atoms with Gasteiger partial charge in [-0.3, -0.25) is 4.90 Å². The minimum Gasteiger partial charge on any atom is -0.353 e. The second kappa shape index (κ2) is 7.39. The fraction of sp³-hybridized carbons (Fsp3) is 0.444. The lowest BCUT2D eigenvalue weighted by atomic mass is 9.94. The minimum absolute atomic E-state index is 0.128. The van der Waals surface area contributed by atoms with E-state index >= 15 is 0 Å². The molecule has 7 heteroatoms. The molecule has 3 rings (SSSR count). The lowest BCUT2D eigenvalue weighted by molar-refractivity contribution is -0.134. The number of likely N-dealkylation sites (N-methyl/N-ethyl adjacent to an activating group) is 1. The number of fused-ring (bicyclic) bond motifs is 1. The number of hydrogen-bond acceptors (Lipinski definition) is 4. The number of nitrogens with zero attached hydrogens (tertiary/aromatic N) is 3. The fourth-order valence-corrected chi connectivity index (χ4v) is 3.05. The maximum Gasteiger partial charge on any atom is 0.389 e. The van der Waals surface area contributed by atoms with Gasteiger partial charge in [0.2, 0.25) is 5.95 Å². The number of nitrogens with one attached hydrogen (secondary N) is 1. The van der Waals surface area contributed by atoms with Gasteiger partial charge in [-0.25, -0.2) is 9.97 Å². The number of halogens is 3. The SMILES string of the molecule is CN1Cc2ccccc2C[C@H]1CNc1nccc(CCC(F)(F)F)n1. The topological polar surface area (TPSA) is 41.0 Å². The van der Waals surface area contributed by atoms with Crippen LogP contribution in [0.15, 0.2) is 36.5 Å². The molecule has 0 unspecified atom stereocenters. The summed E-state index contributed by atoms with van der Waals surface area (Å²) >= 11 is 0. The van der Waals surface area contributed by atoms with E-state index in [9.17, 15) is 13.2 Å². The maximum absolute atomic E-state index is 12.3. The summed E-state index contributed by atoms with van der Waals surface area (Å²) in [6.45, 7) is 1.53. The molecule has 1 aliphatic heterocycles. The maximum atomic E-state index is 12.3. The van der Waals surface area contributed by atoms with Crippen LogP contribution in [0.25, 0.3) is 0 Å². The molecule has 0 fully saturated rings. The van der Waals surface area contributed by atoms with E-state index in [-0.39, 0.29) is 12.5 Å². The monoisotopic (exact) mass is 350 g/mol. The molecule has 0 amide bonds. The van der Waals surface area contributed by atoms with Gasteiger partial charge in [0.25, 0.3) is 0 Å². The average Bonchev–Trinajstić information content (AvgIpc) is 2.58. The van der Waals surface area contributed by atoms with Gasteiger partial charge in [0, 0.05) is 37.4 Å². The first-order valence-corrected chi connectivity index (χ1v) is 8.30. The highest BCUT2D eigenvalue weighted by molar-refractivity contribution is 5.31. The van der Waals surface area contributed by atoms with Crippen molar-refractivity contribution < 1.29 is 13.2 Å². The van der Waals surface area contributed by atoms with E-state index in [2.05, 4.69) is 39.4 Å². The zero-order chi connectivity index (χ0) is 17.9. The predicted molar refractivity (Wildman–Crippen MR) is 90.3 cm³/mol. The molecule has 0 bridgehead atoms. The molecule has 0 saturated carbocycles. The molecule has 0 saturated heterocycles. The normalized spacial score (nSPS) is 18.0. The average molecular weight is 350 g/mol. The van der Waals surface area contributed by atoms with Crippen LogP contribution in [0.2, 0.25) is 0 Å². The summed E-state index contributed by atoms with van der Waals surface area (Å²) in [5.74, 6) is 0.381. The first kappa shape index (κ1) is 17.7. The van der Waals surface area contributed by atoms with Crippen molar-refractivity contribution in [2.45, 2.75) is 38.0 Å². The zero-order valence-corrected chi connectivity index (χ0v) is 14.1. The Bertz CT molecular complexity index is 717. The molecule has 1 N–H and O–H groups in total. The Labute approximate surface area is 145 Å². The van der Waals surface area contributed by atoms with Gasteiger partial charge in [0.15, 0.2) is 0 Å². The van der Waals surface area contributed by atoms with E-state index in [0.717, 1.165) is 13.0 Å². The van der Waals surface area contributed by atoms with Crippen LogP contribution in [0.3, 0.4) is 0 Å². The van der Waals surface area contributed by atoms with Crippen molar-refractivity contribution in [1.82, 2.24) is 14.9 Å². The fourth-order valence-electron chi connectivity index (χ4n) is 3.05. The van der Waals surface area contributed by atoms with Crippen LogP contribution in [0, 0.1) is 0 Å². The summed E-state index contributed by atoms with van der Waals surface area (Å²) < 4.78 is 37.0. The molecule has 25 heavy (non-hydrogen) atoms. The Morgan fingerprint density at radius 3 is 2.72 bits per heavy atom. The van der Waals surface area contributed by atoms with Crippen LogP contribution in [0.5, 0.6) is 0 Å². The predicted octanol–water partition coefficient (Wildman–Crippen LogP) is 3.44. The van der Waals surface area contributed by atoms with E-state index in [1.165, 1.54) is 23.4 Å². The molecule has 0 radical (unpaired) electrons. The summed E-state index contributed by atoms with van der Waals surface area (Å²) in [4.78, 5) is 10.6. The summed E-state index contributed by atoms with van der Waals surface area (Å²) in [6, 6.07) is 10.2. The third-order valence-electron chi connectivity index (χ3n) is 4.49. The van der Waals surface area contributed by atoms with Gasteiger partial charge in [-0.05, 0) is 37.1 Å². The van der Waals surface area contributed by atoms with Gasteiger partial charge in [-0.1, -0.05) is 24.3 Å². The summed E-state index contributed by atoms with van der Waals surface area (Å²) in [5.41, 5.74) is 3.08. The van der Waals surface area contributed by atoms with Gasteiger partial charge in [0.1, 0.15) is 0 Å². The van der Waals surface area contributed by atoms with Crippen LogP contribution in [-0.2, 0) is 19.4 Å². The number of rotatable bonds is 5. The van der Waals surface area contributed by atoms with Gasteiger partial charge in [0.05, 0.1) is 0 Å². The van der Waals surface area contributed by atoms with Crippen LogP contribution >= 0.6 is 0 Å². The van der Waals surface area contributed by atoms with Gasteiger partial charge < -0.3 is 5.32 Å². The molecule has 134 valence electrons. The lowest BCUT2D eigenvalue weighted by Crippen LogP contribution is -2.42. The molecular formula is C18H21F3N4. The van der Waals surface area contributed by atoms with Gasteiger partial charge in [-0.15, -0.1) is 0 Å². The van der Waals surface area contributed by atoms with Crippen molar-refractivity contribution in [3.05, 3.63) is 53.3 Å². The Balaban J connectivity index is 1.58. The first-order chi connectivity index (χ1) is 11.9. The number of aryl methyl sites for hydroxylation is 1. The Hall–Kier alpha value is -2.15. The summed E-state index contributed by atoms with van der Waals surface area (Å²) in [7, 11) is 2.07. The largest absolute Gasteiger partial charge is 0.389 e. The van der Waals surface area contributed by atoms with Crippen LogP contribution in [0.4, 0.5) is 19.1 Å². The van der Waals surface area contributed by atoms with Crippen molar-refractivity contribution in [1.29, 1.82) is 0 Å². The van der Waals surface area contributed by atoms with E-state index in [1.54, 1.807) is 0 Å². The number of anilines is 1. The molecule has 1 aromatic carbocycles. The molecule has 1 aromatic heterocycles. The summed E-state index contributed by atoms with van der Waals surface area (Å²) in [6.07, 6.45) is -2.74. The lowest BCUT2D eigenvalue weighted by Gasteiger charge is -2.34. The quantitative estimate of drug-likeness (QED) is 0.897. The number of aromatic nitrogens is 2. The molecule has 1 aliphatic rings. The van der Waals surface area contributed by atoms with Crippen molar-refractivity contribution in [2.75, 3.05) is 18.9 Å². The van der Waals surface area contributed by atoms with Crippen molar-refractivity contribution >= 4 is 5.95 Å². The molecule has 0 aliphatic carbocycles.